The first-order valence-corrected chi connectivity index (χ1v) is 16.5. The molecule has 3 aromatic heterocycles. The molecule has 7 rings (SSSR count). The van der Waals surface area contributed by atoms with Crippen LogP contribution < -0.4 is 9.91 Å². The van der Waals surface area contributed by atoms with Crippen LogP contribution in [0.3, 0.4) is 0 Å². The SMILES string of the molecule is Cc1cn(-c2cncc3[nH]c(C4=N[N+](C)(C)c5ccc(C6=CI=CC(NC(=O)C7CCCCC7)=C6)cc54)nc23)cn1. The molecule has 1 aliphatic carbocycles. The number of aromatic amines is 1. The van der Waals surface area contributed by atoms with Crippen molar-refractivity contribution < 1.29 is 4.79 Å². The highest BCUT2D eigenvalue weighted by Crippen LogP contribution is 2.37. The summed E-state index contributed by atoms with van der Waals surface area (Å²) in [4.78, 5) is 30.2. The number of aromatic nitrogens is 5. The molecule has 2 aliphatic heterocycles. The lowest BCUT2D eigenvalue weighted by Crippen LogP contribution is -2.32. The molecule has 0 atom stereocenters. The number of pyridine rings is 1. The number of hydrogen-bond donors (Lipinski definition) is 2. The number of nitrogens with zero attached hydrogens (tertiary/aromatic N) is 6. The number of quaternary nitrogens is 1. The van der Waals surface area contributed by atoms with Gasteiger partial charge in [0.2, 0.25) is 5.91 Å². The molecule has 10 heteroatoms. The zero-order chi connectivity index (χ0) is 28.1. The molecule has 2 N–H and O–H groups in total. The van der Waals surface area contributed by atoms with Crippen LogP contribution in [-0.2, 0) is 4.79 Å². The summed E-state index contributed by atoms with van der Waals surface area (Å²) in [6, 6.07) is 6.54. The Bertz CT molecular complexity index is 1820. The van der Waals surface area contributed by atoms with Crippen LogP contribution in [-0.4, -0.2) is 54.2 Å². The van der Waals surface area contributed by atoms with E-state index in [2.05, 4.69) is 66.7 Å². The van der Waals surface area contributed by atoms with Gasteiger partial charge in [-0.2, -0.15) is 4.59 Å². The molecule has 1 aromatic carbocycles. The summed E-state index contributed by atoms with van der Waals surface area (Å²) in [7, 11) is 4.16. The number of carbonyl (C=O) groups is 1. The fourth-order valence-corrected chi connectivity index (χ4v) is 7.73. The molecule has 0 spiro atoms. The topological polar surface area (TPSA) is 101 Å². The molecule has 0 radical (unpaired) electrons. The van der Waals surface area contributed by atoms with Gasteiger partial charge in [0, 0.05) is 23.9 Å². The lowest BCUT2D eigenvalue weighted by atomic mass is 9.88. The molecule has 4 aromatic rings. The second-order valence-electron chi connectivity index (χ2n) is 11.4. The first kappa shape index (κ1) is 26.1. The fourth-order valence-electron chi connectivity index (χ4n) is 5.90. The van der Waals surface area contributed by atoms with Crippen molar-refractivity contribution in [2.24, 2.45) is 11.0 Å². The third-order valence-electron chi connectivity index (χ3n) is 8.03. The minimum Gasteiger partial charge on any atom is -0.335 e. The number of H-pyrrole nitrogens is 1. The molecule has 41 heavy (non-hydrogen) atoms. The first-order chi connectivity index (χ1) is 19.9. The van der Waals surface area contributed by atoms with Crippen molar-refractivity contribution in [2.45, 2.75) is 39.0 Å². The molecule has 208 valence electrons. The van der Waals surface area contributed by atoms with Crippen molar-refractivity contribution in [3.05, 3.63) is 81.6 Å². The Morgan fingerprint density at radius 1 is 1.17 bits per heavy atom. The smallest absolute Gasteiger partial charge is 0.227 e. The lowest BCUT2D eigenvalue weighted by Gasteiger charge is -2.21. The molecule has 3 aliphatic rings. The molecule has 0 saturated heterocycles. The average Bonchev–Trinajstić information content (AvgIpc) is 3.68. The van der Waals surface area contributed by atoms with E-state index in [1.54, 1.807) is 12.5 Å². The van der Waals surface area contributed by atoms with Gasteiger partial charge in [0.15, 0.2) is 17.2 Å². The maximum absolute atomic E-state index is 12.9. The molecular weight excluding hydrogens is 627 g/mol. The van der Waals surface area contributed by atoms with Crippen LogP contribution >= 0.6 is 20.7 Å². The number of fused-ring (bicyclic) bond motifs is 2. The van der Waals surface area contributed by atoms with E-state index in [4.69, 9.17) is 10.1 Å². The number of allylic oxidation sites excluding steroid dienone is 3. The van der Waals surface area contributed by atoms with Crippen LogP contribution in [0.25, 0.3) is 22.3 Å². The third kappa shape index (κ3) is 4.88. The van der Waals surface area contributed by atoms with Crippen molar-refractivity contribution >= 4 is 58.7 Å². The van der Waals surface area contributed by atoms with Gasteiger partial charge in [-0.3, -0.25) is 9.78 Å². The maximum atomic E-state index is 12.9. The highest BCUT2D eigenvalue weighted by molar-refractivity contribution is 14.2. The van der Waals surface area contributed by atoms with Crippen molar-refractivity contribution in [1.29, 1.82) is 0 Å². The largest absolute Gasteiger partial charge is 0.335 e. The summed E-state index contributed by atoms with van der Waals surface area (Å²) < 4.78 is 6.84. The third-order valence-corrected chi connectivity index (χ3v) is 10.1. The summed E-state index contributed by atoms with van der Waals surface area (Å²) in [6.45, 7) is 1.96. The van der Waals surface area contributed by atoms with Gasteiger partial charge in [0.1, 0.15) is 5.52 Å². The number of carbonyl (C=O) groups excluding carboxylic acids is 1. The summed E-state index contributed by atoms with van der Waals surface area (Å²) >= 11 is -0.300. The summed E-state index contributed by atoms with van der Waals surface area (Å²) in [6.07, 6.45) is 15.0. The number of hydrogen-bond acceptors (Lipinski definition) is 5. The van der Waals surface area contributed by atoms with E-state index in [0.29, 0.717) is 10.4 Å². The Labute approximate surface area is 248 Å². The second-order valence-corrected chi connectivity index (χ2v) is 13.3. The van der Waals surface area contributed by atoms with Crippen LogP contribution in [0.4, 0.5) is 5.69 Å². The predicted octanol–water partition coefficient (Wildman–Crippen LogP) is 5.49. The highest BCUT2D eigenvalue weighted by Gasteiger charge is 2.36. The molecule has 1 saturated carbocycles. The van der Waals surface area contributed by atoms with Crippen molar-refractivity contribution in [1.82, 2.24) is 34.4 Å². The van der Waals surface area contributed by atoms with Crippen molar-refractivity contribution in [2.75, 3.05) is 14.1 Å². The zero-order valence-corrected chi connectivity index (χ0v) is 25.5. The standard InChI is InChI=1S/C31H31IN8O/c1-19-17-39(18-34-19)26-16-33-15-25-29(26)37-30(36-25)28-24-12-21(9-10-27(24)40(2,3)38-28)22-11-23(14-32-13-22)35-31(41)20-7-5-4-6-8-20/h9-18,20H,4-8H2,1-3H3,(H-,33,35,36,37,38,41)/p+1. The van der Waals surface area contributed by atoms with Gasteiger partial charge in [0.05, 0.1) is 55.3 Å². The van der Waals surface area contributed by atoms with Crippen molar-refractivity contribution in [3.63, 3.8) is 0 Å². The van der Waals surface area contributed by atoms with Gasteiger partial charge in [-0.15, -0.1) is 0 Å². The van der Waals surface area contributed by atoms with E-state index < -0.39 is 0 Å². The highest BCUT2D eigenvalue weighted by atomic mass is 127. The second kappa shape index (κ2) is 10.3. The molecule has 5 heterocycles. The van der Waals surface area contributed by atoms with Gasteiger partial charge in [-0.25, -0.2) is 9.97 Å². The minimum atomic E-state index is -0.300. The zero-order valence-electron chi connectivity index (χ0n) is 23.4. The van der Waals surface area contributed by atoms with Gasteiger partial charge in [-0.1, -0.05) is 45.1 Å². The molecule has 1 fully saturated rings. The Kier molecular flexibility index (Phi) is 6.54. The Morgan fingerprint density at radius 3 is 2.83 bits per heavy atom. The van der Waals surface area contributed by atoms with Crippen LogP contribution in [0.2, 0.25) is 0 Å². The van der Waals surface area contributed by atoms with E-state index >= 15 is 0 Å². The minimum absolute atomic E-state index is 0.140. The van der Waals surface area contributed by atoms with E-state index in [1.807, 2.05) is 23.9 Å². The van der Waals surface area contributed by atoms with E-state index in [1.165, 1.54) is 6.42 Å². The molecule has 0 unspecified atom stereocenters. The maximum Gasteiger partial charge on any atom is 0.227 e. The normalized spacial score (nSPS) is 18.4. The van der Waals surface area contributed by atoms with Crippen molar-refractivity contribution in [3.8, 4) is 5.69 Å². The number of aryl methyl sites for hydroxylation is 1. The summed E-state index contributed by atoms with van der Waals surface area (Å²) in [5.74, 6) is 1.02. The predicted molar refractivity (Wildman–Crippen MR) is 172 cm³/mol. The van der Waals surface area contributed by atoms with E-state index in [9.17, 15) is 4.79 Å². The fraction of sp³-hybridized carbons (Fsp3) is 0.290. The molecular formula is C31H32IN8O+. The number of halogens is 1. The van der Waals surface area contributed by atoms with Crippen LogP contribution in [0.1, 0.15) is 54.7 Å². The van der Waals surface area contributed by atoms with Gasteiger partial charge < -0.3 is 14.9 Å². The van der Waals surface area contributed by atoms with Crippen LogP contribution in [0.15, 0.2) is 64.1 Å². The summed E-state index contributed by atoms with van der Waals surface area (Å²) in [5, 5.41) is 8.31. The molecule has 9 nitrogen and oxygen atoms in total. The van der Waals surface area contributed by atoms with E-state index in [0.717, 1.165) is 81.9 Å². The number of benzene rings is 1. The quantitative estimate of drug-likeness (QED) is 0.219. The number of rotatable bonds is 5. The number of nitrogens with one attached hydrogen (secondary N) is 2. The Morgan fingerprint density at radius 2 is 2.02 bits per heavy atom. The van der Waals surface area contributed by atoms with Gasteiger partial charge in [0.25, 0.3) is 0 Å². The van der Waals surface area contributed by atoms with E-state index in [-0.39, 0.29) is 32.6 Å². The molecule has 1 amide bonds. The van der Waals surface area contributed by atoms with Gasteiger partial charge >= 0.3 is 0 Å². The monoisotopic (exact) mass is 659 g/mol. The van der Waals surface area contributed by atoms with Crippen LogP contribution in [0.5, 0.6) is 0 Å². The lowest BCUT2D eigenvalue weighted by molar-refractivity contribution is -0.125. The number of amides is 1. The molecule has 0 bridgehead atoms. The van der Waals surface area contributed by atoms with Gasteiger partial charge in [-0.05, 0) is 57.2 Å². The Balaban J connectivity index is 1.22. The van der Waals surface area contributed by atoms with Crippen LogP contribution in [0, 0.1) is 12.8 Å². The Hall–Kier alpha value is -3.77. The summed E-state index contributed by atoms with van der Waals surface area (Å²) in [5.41, 5.74) is 9.64. The average molecular weight is 660 g/mol. The number of imidazole rings is 2. The first-order valence-electron chi connectivity index (χ1n) is 14.0.